The van der Waals surface area contributed by atoms with E-state index < -0.39 is 0 Å². The molecule has 2 atom stereocenters. The van der Waals surface area contributed by atoms with E-state index in [4.69, 9.17) is 4.99 Å². The van der Waals surface area contributed by atoms with Crippen molar-refractivity contribution in [2.45, 2.75) is 51.1 Å². The molecule has 3 fully saturated rings. The Hall–Kier alpha value is -2.08. The molecule has 3 aliphatic rings. The van der Waals surface area contributed by atoms with Crippen molar-refractivity contribution >= 4 is 11.9 Å². The van der Waals surface area contributed by atoms with Crippen molar-refractivity contribution in [3.63, 3.8) is 0 Å². The van der Waals surface area contributed by atoms with E-state index in [2.05, 4.69) is 58.5 Å². The first-order chi connectivity index (χ1) is 13.6. The van der Waals surface area contributed by atoms with Gasteiger partial charge in [0.05, 0.1) is 6.54 Å². The summed E-state index contributed by atoms with van der Waals surface area (Å²) in [5, 5.41) is 6.79. The molecule has 1 heterocycles. The van der Waals surface area contributed by atoms with Gasteiger partial charge in [0.25, 0.3) is 0 Å². The molecule has 0 spiro atoms. The fourth-order valence-electron chi connectivity index (χ4n) is 4.08. The highest BCUT2D eigenvalue weighted by Crippen LogP contribution is 2.42. The minimum absolute atomic E-state index is 0.176. The number of guanidine groups is 1. The summed E-state index contributed by atoms with van der Waals surface area (Å²) in [7, 11) is 0. The number of aliphatic imine (C=N–C) groups is 1. The maximum absolute atomic E-state index is 12.0. The third kappa shape index (κ3) is 4.85. The molecule has 1 aromatic carbocycles. The lowest BCUT2D eigenvalue weighted by Crippen LogP contribution is -2.54. The molecule has 1 saturated heterocycles. The van der Waals surface area contributed by atoms with Gasteiger partial charge in [0.15, 0.2) is 5.96 Å². The summed E-state index contributed by atoms with van der Waals surface area (Å²) in [5.74, 6) is 1.80. The van der Waals surface area contributed by atoms with Gasteiger partial charge < -0.3 is 15.5 Å². The Morgan fingerprint density at radius 1 is 1.14 bits per heavy atom. The van der Waals surface area contributed by atoms with E-state index >= 15 is 0 Å². The van der Waals surface area contributed by atoms with Gasteiger partial charge in [-0.25, -0.2) is 0 Å². The molecule has 1 aliphatic heterocycles. The third-order valence-corrected chi connectivity index (χ3v) is 5.98. The van der Waals surface area contributed by atoms with Crippen LogP contribution in [0.3, 0.4) is 0 Å². The summed E-state index contributed by atoms with van der Waals surface area (Å²) in [4.78, 5) is 21.4. The second-order valence-electron chi connectivity index (χ2n) is 8.35. The van der Waals surface area contributed by atoms with Gasteiger partial charge in [-0.2, -0.15) is 0 Å². The zero-order chi connectivity index (χ0) is 19.5. The summed E-state index contributed by atoms with van der Waals surface area (Å²) in [5.41, 5.74) is 2.84. The fourth-order valence-corrected chi connectivity index (χ4v) is 4.08. The molecule has 0 radical (unpaired) electrons. The Bertz CT molecular complexity index is 721. The largest absolute Gasteiger partial charge is 0.353 e. The second kappa shape index (κ2) is 8.52. The van der Waals surface area contributed by atoms with Crippen LogP contribution in [0.15, 0.2) is 29.3 Å². The van der Waals surface area contributed by atoms with Gasteiger partial charge in [-0.3, -0.25) is 14.7 Å². The van der Waals surface area contributed by atoms with Crippen LogP contribution in [0.25, 0.3) is 0 Å². The highest BCUT2D eigenvalue weighted by atomic mass is 16.2. The van der Waals surface area contributed by atoms with Gasteiger partial charge in [-0.15, -0.1) is 0 Å². The number of hydrogen-bond donors (Lipinski definition) is 2. The fraction of sp³-hybridized carbons (Fsp3) is 0.636. The Morgan fingerprint density at radius 2 is 1.89 bits per heavy atom. The van der Waals surface area contributed by atoms with Crippen LogP contribution in [0.1, 0.15) is 43.2 Å². The van der Waals surface area contributed by atoms with E-state index in [0.717, 1.165) is 51.5 Å². The number of aryl methyl sites for hydroxylation is 1. The lowest BCUT2D eigenvalue weighted by Gasteiger charge is -2.36. The van der Waals surface area contributed by atoms with E-state index in [0.29, 0.717) is 24.5 Å². The monoisotopic (exact) mass is 383 g/mol. The molecular formula is C22H33N5O. The Balaban J connectivity index is 1.27. The summed E-state index contributed by atoms with van der Waals surface area (Å²) in [6, 6.07) is 9.62. The molecule has 152 valence electrons. The van der Waals surface area contributed by atoms with Crippen molar-refractivity contribution in [1.29, 1.82) is 0 Å². The average molecular weight is 384 g/mol. The normalized spacial score (nSPS) is 25.5. The molecule has 2 N–H and O–H groups in total. The first-order valence-electron chi connectivity index (χ1n) is 10.8. The number of nitrogens with one attached hydrogen (secondary N) is 2. The lowest BCUT2D eigenvalue weighted by molar-refractivity contribution is -0.122. The average Bonchev–Trinajstić information content (AvgIpc) is 3.60. The van der Waals surface area contributed by atoms with Gasteiger partial charge >= 0.3 is 0 Å². The van der Waals surface area contributed by atoms with Crippen molar-refractivity contribution in [2.24, 2.45) is 4.99 Å². The van der Waals surface area contributed by atoms with Crippen LogP contribution in [0, 0.1) is 6.92 Å². The zero-order valence-electron chi connectivity index (χ0n) is 17.2. The van der Waals surface area contributed by atoms with Gasteiger partial charge in [0, 0.05) is 50.7 Å². The number of hydrogen-bond acceptors (Lipinski definition) is 3. The number of nitrogens with zero attached hydrogens (tertiary/aromatic N) is 3. The number of rotatable bonds is 6. The lowest BCUT2D eigenvalue weighted by atomic mass is 10.0. The number of piperazine rings is 1. The third-order valence-electron chi connectivity index (χ3n) is 5.98. The summed E-state index contributed by atoms with van der Waals surface area (Å²) < 4.78 is 0. The molecule has 6 nitrogen and oxygen atoms in total. The topological polar surface area (TPSA) is 60.0 Å². The molecule has 1 aromatic rings. The first kappa shape index (κ1) is 19.2. The molecule has 0 bridgehead atoms. The molecule has 4 rings (SSSR count). The SMILES string of the molecule is CCN=C(NC1CC1c1ccccc1C)N1CCN(CC(=O)NC2CC2)CC1. The van der Waals surface area contributed by atoms with E-state index in [9.17, 15) is 4.79 Å². The van der Waals surface area contributed by atoms with Crippen molar-refractivity contribution < 1.29 is 4.79 Å². The highest BCUT2D eigenvalue weighted by Gasteiger charge is 2.40. The van der Waals surface area contributed by atoms with Crippen LogP contribution in [0.5, 0.6) is 0 Å². The number of carbonyl (C=O) groups is 1. The number of carbonyl (C=O) groups excluding carboxylic acids is 1. The highest BCUT2D eigenvalue weighted by molar-refractivity contribution is 5.81. The Kier molecular flexibility index (Phi) is 5.85. The summed E-state index contributed by atoms with van der Waals surface area (Å²) >= 11 is 0. The number of benzene rings is 1. The van der Waals surface area contributed by atoms with Crippen molar-refractivity contribution in [1.82, 2.24) is 20.4 Å². The molecule has 2 aliphatic carbocycles. The molecular weight excluding hydrogens is 350 g/mol. The van der Waals surface area contributed by atoms with Crippen LogP contribution >= 0.6 is 0 Å². The first-order valence-corrected chi connectivity index (χ1v) is 10.8. The minimum atomic E-state index is 0.176. The van der Waals surface area contributed by atoms with Crippen LogP contribution in [-0.2, 0) is 4.79 Å². The van der Waals surface area contributed by atoms with E-state index in [1.165, 1.54) is 17.5 Å². The predicted octanol–water partition coefficient (Wildman–Crippen LogP) is 1.71. The Morgan fingerprint density at radius 3 is 2.57 bits per heavy atom. The van der Waals surface area contributed by atoms with Gasteiger partial charge in [0.2, 0.25) is 5.91 Å². The van der Waals surface area contributed by atoms with Gasteiger partial charge in [-0.05, 0) is 44.2 Å². The van der Waals surface area contributed by atoms with Crippen LogP contribution < -0.4 is 10.6 Å². The summed E-state index contributed by atoms with van der Waals surface area (Å²) in [6.45, 7) is 9.26. The van der Waals surface area contributed by atoms with Crippen molar-refractivity contribution in [3.8, 4) is 0 Å². The predicted molar refractivity (Wildman–Crippen MR) is 113 cm³/mol. The van der Waals surface area contributed by atoms with Gasteiger partial charge in [0.1, 0.15) is 0 Å². The Labute approximate surface area is 168 Å². The second-order valence-corrected chi connectivity index (χ2v) is 8.35. The molecule has 0 aromatic heterocycles. The smallest absolute Gasteiger partial charge is 0.234 e. The quantitative estimate of drug-likeness (QED) is 0.580. The van der Waals surface area contributed by atoms with E-state index in [-0.39, 0.29) is 5.91 Å². The maximum atomic E-state index is 12.0. The zero-order valence-corrected chi connectivity index (χ0v) is 17.2. The molecule has 2 saturated carbocycles. The van der Waals surface area contributed by atoms with Crippen LogP contribution in [0.4, 0.5) is 0 Å². The van der Waals surface area contributed by atoms with E-state index in [1.807, 2.05) is 0 Å². The number of amides is 1. The molecule has 2 unspecified atom stereocenters. The molecule has 1 amide bonds. The van der Waals surface area contributed by atoms with E-state index in [1.54, 1.807) is 0 Å². The van der Waals surface area contributed by atoms with Crippen molar-refractivity contribution in [3.05, 3.63) is 35.4 Å². The van der Waals surface area contributed by atoms with Crippen molar-refractivity contribution in [2.75, 3.05) is 39.3 Å². The maximum Gasteiger partial charge on any atom is 0.234 e. The minimum Gasteiger partial charge on any atom is -0.353 e. The molecule has 28 heavy (non-hydrogen) atoms. The standard InChI is InChI=1S/C22H33N5O/c1-3-23-22(25-20-14-19(20)18-7-5-4-6-16(18)2)27-12-10-26(11-13-27)15-21(28)24-17-8-9-17/h4-7,17,19-20H,3,8-15H2,1-2H3,(H,23,25)(H,24,28). The summed E-state index contributed by atoms with van der Waals surface area (Å²) in [6.07, 6.45) is 3.47. The van der Waals surface area contributed by atoms with Crippen LogP contribution in [-0.4, -0.2) is 73.0 Å². The van der Waals surface area contributed by atoms with Gasteiger partial charge in [-0.1, -0.05) is 24.3 Å². The van der Waals surface area contributed by atoms with Crippen LogP contribution in [0.2, 0.25) is 0 Å². The molecule has 6 heteroatoms.